The van der Waals surface area contributed by atoms with Gasteiger partial charge in [-0.3, -0.25) is 9.59 Å². The molecule has 0 saturated heterocycles. The fraction of sp³-hybridized carbons (Fsp3) is 0.217. The van der Waals surface area contributed by atoms with Crippen LogP contribution in [0.15, 0.2) is 59.5 Å². The quantitative estimate of drug-likeness (QED) is 0.282. The zero-order valence-electron chi connectivity index (χ0n) is 16.0. The van der Waals surface area contributed by atoms with Crippen LogP contribution >= 0.6 is 23.4 Å². The lowest BCUT2D eigenvalue weighted by atomic mass is 10.0. The molecule has 0 amide bonds. The molecule has 3 aromatic rings. The molecule has 0 heterocycles. The van der Waals surface area contributed by atoms with Crippen LogP contribution in [0, 0.1) is 13.8 Å². The van der Waals surface area contributed by atoms with Crippen molar-refractivity contribution in [3.63, 3.8) is 0 Å². The number of halogens is 1. The monoisotopic (exact) mass is 412 g/mol. The number of esters is 1. The minimum absolute atomic E-state index is 0.106. The van der Waals surface area contributed by atoms with Gasteiger partial charge in [-0.1, -0.05) is 48.0 Å². The smallest absolute Gasteiger partial charge is 0.316 e. The average molecular weight is 413 g/mol. The highest BCUT2D eigenvalue weighted by atomic mass is 35.5. The van der Waals surface area contributed by atoms with Gasteiger partial charge >= 0.3 is 5.97 Å². The zero-order chi connectivity index (χ0) is 20.3. The first-order valence-corrected chi connectivity index (χ1v) is 10.3. The van der Waals surface area contributed by atoms with Crippen molar-refractivity contribution in [2.75, 3.05) is 5.75 Å². The van der Waals surface area contributed by atoms with Crippen LogP contribution in [0.3, 0.4) is 0 Å². The zero-order valence-corrected chi connectivity index (χ0v) is 17.6. The van der Waals surface area contributed by atoms with E-state index in [9.17, 15) is 9.59 Å². The molecule has 0 bridgehead atoms. The van der Waals surface area contributed by atoms with Crippen molar-refractivity contribution in [3.8, 4) is 0 Å². The van der Waals surface area contributed by atoms with Crippen LogP contribution in [0.25, 0.3) is 10.8 Å². The van der Waals surface area contributed by atoms with Gasteiger partial charge in [-0.05, 0) is 55.5 Å². The summed E-state index contributed by atoms with van der Waals surface area (Å²) in [6, 6.07) is 17.0. The van der Waals surface area contributed by atoms with Crippen LogP contribution in [-0.2, 0) is 9.53 Å². The van der Waals surface area contributed by atoms with E-state index in [2.05, 4.69) is 0 Å². The normalized spacial score (nSPS) is 12.0. The number of hydrogen-bond donors (Lipinski definition) is 0. The fourth-order valence-electron chi connectivity index (χ4n) is 2.93. The SMILES string of the molecule is Cc1ccc(C(=O)[C@@H](C)OC(=O)CSc2cccc3cccc(Cl)c23)cc1C. The van der Waals surface area contributed by atoms with Gasteiger partial charge in [0, 0.05) is 20.9 Å². The number of carbonyl (C=O) groups excluding carboxylic acids is 2. The molecule has 3 nitrogen and oxygen atoms in total. The molecule has 0 spiro atoms. The van der Waals surface area contributed by atoms with Crippen molar-refractivity contribution in [2.24, 2.45) is 0 Å². The highest BCUT2D eigenvalue weighted by Crippen LogP contribution is 2.33. The largest absolute Gasteiger partial charge is 0.454 e. The molecule has 0 aliphatic heterocycles. The first-order chi connectivity index (χ1) is 13.4. The molecule has 3 rings (SSSR count). The molecule has 5 heteroatoms. The summed E-state index contributed by atoms with van der Waals surface area (Å²) in [6.45, 7) is 5.55. The van der Waals surface area contributed by atoms with Crippen LogP contribution in [0.4, 0.5) is 0 Å². The maximum Gasteiger partial charge on any atom is 0.316 e. The van der Waals surface area contributed by atoms with E-state index < -0.39 is 12.1 Å². The van der Waals surface area contributed by atoms with Gasteiger partial charge in [0.05, 0.1) is 5.75 Å². The molecule has 3 aromatic carbocycles. The Labute approximate surface area is 174 Å². The van der Waals surface area contributed by atoms with E-state index in [4.69, 9.17) is 16.3 Å². The lowest BCUT2D eigenvalue weighted by Gasteiger charge is -2.13. The molecule has 1 atom stereocenters. The lowest BCUT2D eigenvalue weighted by Crippen LogP contribution is -2.25. The molecule has 0 saturated carbocycles. The number of Topliss-reactive ketones (excluding diaryl/α,β-unsaturated/α-hetero) is 1. The Bertz CT molecular complexity index is 1040. The molecule has 0 aliphatic rings. The first kappa shape index (κ1) is 20.4. The van der Waals surface area contributed by atoms with Crippen molar-refractivity contribution in [1.29, 1.82) is 0 Å². The molecule has 0 fully saturated rings. The number of ether oxygens (including phenoxy) is 1. The van der Waals surface area contributed by atoms with Gasteiger partial charge in [0.25, 0.3) is 0 Å². The van der Waals surface area contributed by atoms with Gasteiger partial charge < -0.3 is 4.74 Å². The molecule has 0 N–H and O–H groups in total. The molecular formula is C23H21ClO3S. The third-order valence-corrected chi connectivity index (χ3v) is 5.98. The van der Waals surface area contributed by atoms with Gasteiger partial charge in [0.2, 0.25) is 5.78 Å². The van der Waals surface area contributed by atoms with Gasteiger partial charge in [-0.15, -0.1) is 11.8 Å². The maximum absolute atomic E-state index is 12.5. The minimum Gasteiger partial charge on any atom is -0.454 e. The van der Waals surface area contributed by atoms with E-state index in [0.717, 1.165) is 26.8 Å². The Morgan fingerprint density at radius 1 is 1.04 bits per heavy atom. The topological polar surface area (TPSA) is 43.4 Å². The summed E-state index contributed by atoms with van der Waals surface area (Å²) in [5.74, 6) is -0.525. The van der Waals surface area contributed by atoms with Crippen LogP contribution in [-0.4, -0.2) is 23.6 Å². The van der Waals surface area contributed by atoms with Crippen molar-refractivity contribution in [2.45, 2.75) is 31.8 Å². The third kappa shape index (κ3) is 4.57. The van der Waals surface area contributed by atoms with Crippen LogP contribution in [0.5, 0.6) is 0 Å². The Morgan fingerprint density at radius 3 is 2.46 bits per heavy atom. The van der Waals surface area contributed by atoms with Crippen molar-refractivity contribution in [3.05, 3.63) is 76.3 Å². The summed E-state index contributed by atoms with van der Waals surface area (Å²) in [5, 5.41) is 2.58. The van der Waals surface area contributed by atoms with E-state index in [1.807, 2.05) is 62.4 Å². The second-order valence-electron chi connectivity index (χ2n) is 6.68. The predicted molar refractivity (Wildman–Crippen MR) is 115 cm³/mol. The summed E-state index contributed by atoms with van der Waals surface area (Å²) < 4.78 is 5.36. The first-order valence-electron chi connectivity index (χ1n) is 8.98. The highest BCUT2D eigenvalue weighted by molar-refractivity contribution is 8.00. The van der Waals surface area contributed by atoms with E-state index in [1.54, 1.807) is 13.0 Å². The van der Waals surface area contributed by atoms with Crippen molar-refractivity contribution < 1.29 is 14.3 Å². The summed E-state index contributed by atoms with van der Waals surface area (Å²) in [7, 11) is 0. The molecule has 0 unspecified atom stereocenters. The van der Waals surface area contributed by atoms with Gasteiger partial charge in [0.1, 0.15) is 0 Å². The number of rotatable bonds is 6. The van der Waals surface area contributed by atoms with Crippen molar-refractivity contribution in [1.82, 2.24) is 0 Å². The Morgan fingerprint density at radius 2 is 1.75 bits per heavy atom. The molecular weight excluding hydrogens is 392 g/mol. The minimum atomic E-state index is -0.827. The second-order valence-corrected chi connectivity index (χ2v) is 8.10. The van der Waals surface area contributed by atoms with Gasteiger partial charge in [-0.25, -0.2) is 0 Å². The number of ketones is 1. The van der Waals surface area contributed by atoms with E-state index in [1.165, 1.54) is 11.8 Å². The van der Waals surface area contributed by atoms with E-state index >= 15 is 0 Å². The van der Waals surface area contributed by atoms with Crippen LogP contribution in [0.2, 0.25) is 5.02 Å². The third-order valence-electron chi connectivity index (χ3n) is 4.63. The molecule has 0 radical (unpaired) electrons. The van der Waals surface area contributed by atoms with Crippen molar-refractivity contribution >= 4 is 45.9 Å². The van der Waals surface area contributed by atoms with E-state index in [0.29, 0.717) is 10.6 Å². The Balaban J connectivity index is 1.64. The number of carbonyl (C=O) groups is 2. The molecule has 0 aromatic heterocycles. The van der Waals surface area contributed by atoms with Crippen LogP contribution in [0.1, 0.15) is 28.4 Å². The number of thioether (sulfide) groups is 1. The number of benzene rings is 3. The highest BCUT2D eigenvalue weighted by Gasteiger charge is 2.20. The van der Waals surface area contributed by atoms with E-state index in [-0.39, 0.29) is 11.5 Å². The lowest BCUT2D eigenvalue weighted by molar-refractivity contribution is -0.143. The number of fused-ring (bicyclic) bond motifs is 1. The second kappa shape index (κ2) is 8.80. The summed E-state index contributed by atoms with van der Waals surface area (Å²) in [4.78, 5) is 25.7. The molecule has 0 aliphatic carbocycles. The summed E-state index contributed by atoms with van der Waals surface area (Å²) in [5.41, 5.74) is 2.70. The van der Waals surface area contributed by atoms with Gasteiger partial charge in [-0.2, -0.15) is 0 Å². The standard InChI is InChI=1S/C23H21ClO3S/c1-14-10-11-18(12-15(14)2)23(26)16(3)27-21(25)13-28-20-9-5-7-17-6-4-8-19(24)22(17)20/h4-12,16H,13H2,1-3H3/t16-/m1/s1. The van der Waals surface area contributed by atoms with Gasteiger partial charge in [0.15, 0.2) is 6.10 Å². The Kier molecular flexibility index (Phi) is 6.42. The summed E-state index contributed by atoms with van der Waals surface area (Å²) >= 11 is 7.68. The molecule has 144 valence electrons. The van der Waals surface area contributed by atoms with Crippen LogP contribution < -0.4 is 0 Å². The fourth-order valence-corrected chi connectivity index (χ4v) is 4.16. The summed E-state index contributed by atoms with van der Waals surface area (Å²) in [6.07, 6.45) is -0.827. The number of aryl methyl sites for hydroxylation is 2. The Hall–Kier alpha value is -2.30. The maximum atomic E-state index is 12.5. The number of hydrogen-bond acceptors (Lipinski definition) is 4. The molecule has 28 heavy (non-hydrogen) atoms. The predicted octanol–water partition coefficient (Wildman–Crippen LogP) is 6.02. The average Bonchev–Trinajstić information content (AvgIpc) is 2.68.